The van der Waals surface area contributed by atoms with Crippen LogP contribution in [0.2, 0.25) is 0 Å². The first-order chi connectivity index (χ1) is 13.5. The van der Waals surface area contributed by atoms with Gasteiger partial charge in [0.15, 0.2) is 14.7 Å². The lowest BCUT2D eigenvalue weighted by Gasteiger charge is -2.07. The molecule has 0 bridgehead atoms. The molecule has 0 saturated heterocycles. The van der Waals surface area contributed by atoms with Crippen LogP contribution in [-0.4, -0.2) is 17.0 Å². The third-order valence-corrected chi connectivity index (χ3v) is 5.83. The van der Waals surface area contributed by atoms with E-state index >= 15 is 0 Å². The van der Waals surface area contributed by atoms with Gasteiger partial charge in [0.2, 0.25) is 0 Å². The maximum absolute atomic E-state index is 9.84. The summed E-state index contributed by atoms with van der Waals surface area (Å²) in [6.45, 7) is 2.97. The maximum Gasteiger partial charge on any atom is 0.331 e. The van der Waals surface area contributed by atoms with Gasteiger partial charge in [0.25, 0.3) is 0 Å². The van der Waals surface area contributed by atoms with Crippen molar-refractivity contribution in [1.29, 1.82) is 0 Å². The summed E-state index contributed by atoms with van der Waals surface area (Å²) in [6, 6.07) is 32.2. The van der Waals surface area contributed by atoms with E-state index < -0.39 is 18.4 Å². The predicted octanol–water partition coefficient (Wildman–Crippen LogP) is 3.55. The third kappa shape index (κ3) is 6.45. The maximum atomic E-state index is 9.84. The van der Waals surface area contributed by atoms with Crippen LogP contribution >= 0.6 is 0 Å². The molecule has 0 heterocycles. The van der Waals surface area contributed by atoms with Crippen LogP contribution in [0.4, 0.5) is 0 Å². The molecule has 142 valence electrons. The summed E-state index contributed by atoms with van der Waals surface area (Å²) in [5.41, 5.74) is -0.366. The third-order valence-electron chi connectivity index (χ3n) is 3.60. The van der Waals surface area contributed by atoms with E-state index in [9.17, 15) is 14.7 Å². The van der Waals surface area contributed by atoms with Gasteiger partial charge in [-0.05, 0) is 36.4 Å². The van der Waals surface area contributed by atoms with Crippen molar-refractivity contribution in [2.75, 3.05) is 0 Å². The molecule has 3 aromatic carbocycles. The number of benzene rings is 3. The fraction of sp³-hybridized carbons (Fsp3) is 0.0435. The van der Waals surface area contributed by atoms with Crippen LogP contribution in [0.1, 0.15) is 6.42 Å². The standard InChI is InChI=1S/C18H15S.C5H6O4/c1-4-10-16(11-5-1)19(17-12-6-2-7-13-17)18-14-8-3-9-15-18;1-3(5(8)9)2-4(6)7/h1-15H;1-2H2,(H,6,7)(H,8,9)/q+1;/p-1. The topological polar surface area (TPSA) is 77.4 Å². The van der Waals surface area contributed by atoms with Crippen LogP contribution < -0.4 is 5.11 Å². The Hall–Kier alpha value is -3.31. The molecule has 1 N–H and O–H groups in total. The zero-order chi connectivity index (χ0) is 20.4. The van der Waals surface area contributed by atoms with E-state index in [2.05, 4.69) is 97.6 Å². The number of rotatable bonds is 6. The number of carbonyl (C=O) groups is 2. The van der Waals surface area contributed by atoms with Gasteiger partial charge in [-0.3, -0.25) is 0 Å². The summed E-state index contributed by atoms with van der Waals surface area (Å²) in [7, 11) is -0.0146. The molecule has 0 fully saturated rings. The molecular weight excluding hydrogens is 372 g/mol. The van der Waals surface area contributed by atoms with E-state index in [1.165, 1.54) is 14.7 Å². The van der Waals surface area contributed by atoms with Crippen molar-refractivity contribution in [3.05, 3.63) is 103 Å². The van der Waals surface area contributed by atoms with Crippen LogP contribution in [0.25, 0.3) is 0 Å². The van der Waals surface area contributed by atoms with Crippen molar-refractivity contribution in [3.63, 3.8) is 0 Å². The molecule has 0 aliphatic carbocycles. The van der Waals surface area contributed by atoms with Gasteiger partial charge in [0.1, 0.15) is 0 Å². The number of carbonyl (C=O) groups excluding carboxylic acids is 1. The Bertz CT molecular complexity index is 815. The van der Waals surface area contributed by atoms with Crippen molar-refractivity contribution in [2.24, 2.45) is 0 Å². The van der Waals surface area contributed by atoms with Crippen LogP contribution in [0.3, 0.4) is 0 Å². The van der Waals surface area contributed by atoms with Gasteiger partial charge in [-0.15, -0.1) is 0 Å². The van der Waals surface area contributed by atoms with E-state index in [1.54, 1.807) is 0 Å². The molecule has 0 aromatic heterocycles. The molecule has 0 unspecified atom stereocenters. The van der Waals surface area contributed by atoms with E-state index in [1.807, 2.05) is 0 Å². The van der Waals surface area contributed by atoms with Crippen molar-refractivity contribution >= 4 is 22.8 Å². The highest BCUT2D eigenvalue weighted by Gasteiger charge is 2.27. The summed E-state index contributed by atoms with van der Waals surface area (Å²) in [6.07, 6.45) is -0.616. The van der Waals surface area contributed by atoms with Gasteiger partial charge in [0, 0.05) is 18.0 Å². The average Bonchev–Trinajstić information content (AvgIpc) is 2.71. The van der Waals surface area contributed by atoms with Crippen molar-refractivity contribution < 1.29 is 19.8 Å². The number of carboxylic acids is 2. The van der Waals surface area contributed by atoms with Gasteiger partial charge in [-0.1, -0.05) is 61.2 Å². The SMILES string of the molecule is C=C(CC(=O)[O-])C(=O)O.c1ccc([S+](c2ccccc2)c2ccccc2)cc1. The highest BCUT2D eigenvalue weighted by atomic mass is 32.2. The number of hydrogen-bond donors (Lipinski definition) is 1. The molecular formula is C23H20O4S. The van der Waals surface area contributed by atoms with Gasteiger partial charge in [-0.25, -0.2) is 4.79 Å². The fourth-order valence-corrected chi connectivity index (χ4v) is 4.43. The second kappa shape index (κ2) is 10.7. The monoisotopic (exact) mass is 392 g/mol. The van der Waals surface area contributed by atoms with Gasteiger partial charge in [-0.2, -0.15) is 0 Å². The normalized spacial score (nSPS) is 9.89. The lowest BCUT2D eigenvalue weighted by molar-refractivity contribution is -0.304. The van der Waals surface area contributed by atoms with E-state index in [4.69, 9.17) is 5.11 Å². The second-order valence-corrected chi connectivity index (χ2v) is 7.73. The molecule has 28 heavy (non-hydrogen) atoms. The van der Waals surface area contributed by atoms with Gasteiger partial charge in [0.05, 0.1) is 10.9 Å². The Kier molecular flexibility index (Phi) is 8.06. The van der Waals surface area contributed by atoms with Crippen LogP contribution in [0.5, 0.6) is 0 Å². The quantitative estimate of drug-likeness (QED) is 0.514. The Morgan fingerprint density at radius 1 is 0.750 bits per heavy atom. The first kappa shape index (κ1) is 21.0. The summed E-state index contributed by atoms with van der Waals surface area (Å²) in [5, 5.41) is 17.7. The molecule has 0 radical (unpaired) electrons. The Morgan fingerprint density at radius 3 is 1.29 bits per heavy atom. The molecule has 3 aromatic rings. The van der Waals surface area contributed by atoms with Gasteiger partial charge < -0.3 is 15.0 Å². The lowest BCUT2D eigenvalue weighted by atomic mass is 10.2. The van der Waals surface area contributed by atoms with Crippen molar-refractivity contribution in [3.8, 4) is 0 Å². The van der Waals surface area contributed by atoms with E-state index in [-0.39, 0.29) is 16.5 Å². The molecule has 0 amide bonds. The van der Waals surface area contributed by atoms with Crippen molar-refractivity contribution in [2.45, 2.75) is 21.1 Å². The Morgan fingerprint density at radius 2 is 1.07 bits per heavy atom. The zero-order valence-electron chi connectivity index (χ0n) is 15.2. The highest BCUT2D eigenvalue weighted by Crippen LogP contribution is 2.30. The van der Waals surface area contributed by atoms with Crippen LogP contribution in [-0.2, 0) is 20.5 Å². The lowest BCUT2D eigenvalue weighted by Crippen LogP contribution is -2.23. The average molecular weight is 392 g/mol. The minimum absolute atomic E-state index is 0.0146. The molecule has 0 atom stereocenters. The summed E-state index contributed by atoms with van der Waals surface area (Å²) in [4.78, 5) is 23.6. The number of carboxylic acid groups (broad SMARTS) is 2. The molecule has 3 rings (SSSR count). The molecule has 4 nitrogen and oxygen atoms in total. The van der Waals surface area contributed by atoms with Crippen LogP contribution in [0.15, 0.2) is 118 Å². The summed E-state index contributed by atoms with van der Waals surface area (Å²) >= 11 is 0. The minimum atomic E-state index is -1.43. The van der Waals surface area contributed by atoms with Crippen molar-refractivity contribution in [1.82, 2.24) is 0 Å². The van der Waals surface area contributed by atoms with E-state index in [0.29, 0.717) is 0 Å². The second-order valence-electron chi connectivity index (χ2n) is 5.70. The molecule has 0 spiro atoms. The Balaban J connectivity index is 0.000000266. The Labute approximate surface area is 167 Å². The summed E-state index contributed by atoms with van der Waals surface area (Å²) < 4.78 is 0. The summed E-state index contributed by atoms with van der Waals surface area (Å²) in [5.74, 6) is -2.73. The first-order valence-electron chi connectivity index (χ1n) is 8.49. The first-order valence-corrected chi connectivity index (χ1v) is 9.72. The highest BCUT2D eigenvalue weighted by molar-refractivity contribution is 7.97. The minimum Gasteiger partial charge on any atom is -0.550 e. The number of aliphatic carboxylic acids is 2. The largest absolute Gasteiger partial charge is 0.550 e. The smallest absolute Gasteiger partial charge is 0.331 e. The molecule has 0 aliphatic rings. The van der Waals surface area contributed by atoms with E-state index in [0.717, 1.165) is 0 Å². The van der Waals surface area contributed by atoms with Crippen LogP contribution in [0, 0.1) is 0 Å². The van der Waals surface area contributed by atoms with Gasteiger partial charge >= 0.3 is 5.97 Å². The molecule has 0 saturated carbocycles. The molecule has 5 heteroatoms. The molecule has 0 aliphatic heterocycles. The number of hydrogen-bond acceptors (Lipinski definition) is 3. The predicted molar refractivity (Wildman–Crippen MR) is 108 cm³/mol. The fourth-order valence-electron chi connectivity index (χ4n) is 2.33. The zero-order valence-corrected chi connectivity index (χ0v) is 16.0.